The van der Waals surface area contributed by atoms with Gasteiger partial charge in [-0.15, -0.1) is 0 Å². The van der Waals surface area contributed by atoms with Crippen molar-refractivity contribution < 1.29 is 0 Å². The zero-order chi connectivity index (χ0) is 13.9. The Morgan fingerprint density at radius 2 is 2.05 bits per heavy atom. The molecule has 0 amide bonds. The average molecular weight is 286 g/mol. The third kappa shape index (κ3) is 2.89. The molecule has 0 saturated heterocycles. The minimum absolute atomic E-state index is 0.456. The number of aryl methyl sites for hydroxylation is 2. The molecule has 1 atom stereocenters. The molecule has 104 valence electrons. The zero-order valence-electron chi connectivity index (χ0n) is 11.8. The van der Waals surface area contributed by atoms with Crippen molar-refractivity contribution in [2.75, 3.05) is 0 Å². The van der Waals surface area contributed by atoms with Gasteiger partial charge in [0.2, 0.25) is 0 Å². The van der Waals surface area contributed by atoms with Crippen LogP contribution in [-0.2, 0) is 13.0 Å². The van der Waals surface area contributed by atoms with E-state index in [1.165, 1.54) is 41.5 Å². The van der Waals surface area contributed by atoms with Gasteiger partial charge in [0.15, 0.2) is 0 Å². The van der Waals surface area contributed by atoms with E-state index in [0.717, 1.165) is 11.6 Å². The molecule has 2 heteroatoms. The number of fused-ring (bicyclic) bond motifs is 1. The molecule has 0 bridgehead atoms. The largest absolute Gasteiger partial charge is 0.306 e. The van der Waals surface area contributed by atoms with Gasteiger partial charge >= 0.3 is 0 Å². The van der Waals surface area contributed by atoms with Crippen LogP contribution in [0.3, 0.4) is 0 Å². The van der Waals surface area contributed by atoms with Crippen molar-refractivity contribution in [2.45, 2.75) is 38.8 Å². The second-order valence-electron chi connectivity index (χ2n) is 5.62. The molecule has 0 heterocycles. The first-order chi connectivity index (χ1) is 9.74. The molecule has 1 aliphatic rings. The Balaban J connectivity index is 1.73. The van der Waals surface area contributed by atoms with Crippen molar-refractivity contribution in [3.05, 3.63) is 69.7 Å². The normalized spacial score (nSPS) is 17.8. The van der Waals surface area contributed by atoms with Gasteiger partial charge in [-0.25, -0.2) is 0 Å². The second-order valence-corrected chi connectivity index (χ2v) is 6.03. The summed E-state index contributed by atoms with van der Waals surface area (Å²) in [6.45, 7) is 2.90. The summed E-state index contributed by atoms with van der Waals surface area (Å²) in [4.78, 5) is 0. The summed E-state index contributed by atoms with van der Waals surface area (Å²) in [6, 6.07) is 15.5. The van der Waals surface area contributed by atoms with Gasteiger partial charge in [0.1, 0.15) is 0 Å². The van der Waals surface area contributed by atoms with Crippen molar-refractivity contribution in [3.63, 3.8) is 0 Å². The minimum atomic E-state index is 0.456. The fourth-order valence-electron chi connectivity index (χ4n) is 2.99. The molecule has 0 saturated carbocycles. The second kappa shape index (κ2) is 5.99. The highest BCUT2D eigenvalue weighted by molar-refractivity contribution is 6.31. The van der Waals surface area contributed by atoms with Gasteiger partial charge < -0.3 is 5.32 Å². The van der Waals surface area contributed by atoms with Gasteiger partial charge in [0, 0.05) is 17.6 Å². The van der Waals surface area contributed by atoms with Crippen LogP contribution in [0.25, 0.3) is 0 Å². The highest BCUT2D eigenvalue weighted by Crippen LogP contribution is 2.30. The Morgan fingerprint density at radius 1 is 1.20 bits per heavy atom. The van der Waals surface area contributed by atoms with Crippen molar-refractivity contribution in [2.24, 2.45) is 0 Å². The zero-order valence-corrected chi connectivity index (χ0v) is 12.6. The van der Waals surface area contributed by atoms with Crippen molar-refractivity contribution in [3.8, 4) is 0 Å². The molecule has 0 aromatic heterocycles. The first-order valence-corrected chi connectivity index (χ1v) is 7.68. The van der Waals surface area contributed by atoms with Gasteiger partial charge in [-0.1, -0.05) is 48.0 Å². The third-order valence-corrected chi connectivity index (χ3v) is 4.47. The fourth-order valence-corrected chi connectivity index (χ4v) is 3.30. The first kappa shape index (κ1) is 13.7. The minimum Gasteiger partial charge on any atom is -0.306 e. The molecule has 0 spiro atoms. The quantitative estimate of drug-likeness (QED) is 0.853. The van der Waals surface area contributed by atoms with E-state index >= 15 is 0 Å². The first-order valence-electron chi connectivity index (χ1n) is 7.30. The summed E-state index contributed by atoms with van der Waals surface area (Å²) in [5.41, 5.74) is 5.34. The molecule has 1 N–H and O–H groups in total. The highest BCUT2D eigenvalue weighted by atomic mass is 35.5. The predicted octanol–water partition coefficient (Wildman–Crippen LogP) is 4.82. The van der Waals surface area contributed by atoms with E-state index in [1.54, 1.807) is 0 Å². The van der Waals surface area contributed by atoms with Crippen LogP contribution in [0, 0.1) is 6.92 Å². The van der Waals surface area contributed by atoms with E-state index < -0.39 is 0 Å². The summed E-state index contributed by atoms with van der Waals surface area (Å²) in [6.07, 6.45) is 3.68. The average Bonchev–Trinajstić information content (AvgIpc) is 2.46. The summed E-state index contributed by atoms with van der Waals surface area (Å²) in [7, 11) is 0. The van der Waals surface area contributed by atoms with E-state index in [1.807, 2.05) is 6.07 Å². The topological polar surface area (TPSA) is 12.0 Å². The van der Waals surface area contributed by atoms with Crippen LogP contribution < -0.4 is 5.32 Å². The van der Waals surface area contributed by atoms with Crippen LogP contribution in [0.15, 0.2) is 42.5 Å². The van der Waals surface area contributed by atoms with E-state index in [4.69, 9.17) is 11.6 Å². The molecule has 1 nitrogen and oxygen atoms in total. The lowest BCUT2D eigenvalue weighted by Gasteiger charge is -2.26. The van der Waals surface area contributed by atoms with Gasteiger partial charge in [0.05, 0.1) is 0 Å². The van der Waals surface area contributed by atoms with Gasteiger partial charge in [-0.3, -0.25) is 0 Å². The van der Waals surface area contributed by atoms with E-state index in [0.29, 0.717) is 6.04 Å². The number of hydrogen-bond donors (Lipinski definition) is 1. The Morgan fingerprint density at radius 3 is 2.90 bits per heavy atom. The molecular formula is C18H20ClN. The number of rotatable bonds is 3. The van der Waals surface area contributed by atoms with Gasteiger partial charge in [-0.05, 0) is 54.5 Å². The molecule has 20 heavy (non-hydrogen) atoms. The van der Waals surface area contributed by atoms with Crippen LogP contribution in [0.4, 0.5) is 0 Å². The molecule has 1 unspecified atom stereocenters. The smallest absolute Gasteiger partial charge is 0.0453 e. The lowest BCUT2D eigenvalue weighted by molar-refractivity contribution is 0.459. The highest BCUT2D eigenvalue weighted by Gasteiger charge is 2.19. The van der Waals surface area contributed by atoms with E-state index in [-0.39, 0.29) is 0 Å². The molecule has 1 aliphatic carbocycles. The van der Waals surface area contributed by atoms with Crippen LogP contribution in [0.1, 0.15) is 41.1 Å². The van der Waals surface area contributed by atoms with Gasteiger partial charge in [0.25, 0.3) is 0 Å². The van der Waals surface area contributed by atoms with Crippen LogP contribution >= 0.6 is 11.6 Å². The number of nitrogens with one attached hydrogen (secondary N) is 1. The lowest BCUT2D eigenvalue weighted by Crippen LogP contribution is -2.24. The Hall–Kier alpha value is -1.31. The molecule has 2 aromatic rings. The summed E-state index contributed by atoms with van der Waals surface area (Å²) in [5.74, 6) is 0. The summed E-state index contributed by atoms with van der Waals surface area (Å²) >= 11 is 6.31. The summed E-state index contributed by atoms with van der Waals surface area (Å²) < 4.78 is 0. The Kier molecular flexibility index (Phi) is 4.09. The summed E-state index contributed by atoms with van der Waals surface area (Å²) in [5, 5.41) is 4.53. The van der Waals surface area contributed by atoms with E-state index in [9.17, 15) is 0 Å². The van der Waals surface area contributed by atoms with E-state index in [2.05, 4.69) is 48.6 Å². The van der Waals surface area contributed by atoms with Crippen molar-refractivity contribution in [1.82, 2.24) is 5.32 Å². The monoisotopic (exact) mass is 285 g/mol. The van der Waals surface area contributed by atoms with Crippen molar-refractivity contribution in [1.29, 1.82) is 0 Å². The standard InChI is InChI=1S/C18H20ClN/c1-13-9-10-15(17(19)11-13)12-20-18-8-4-6-14-5-2-3-7-16(14)18/h2-3,5,7,9-11,18,20H,4,6,8,12H2,1H3. The maximum atomic E-state index is 6.31. The Bertz CT molecular complexity index is 606. The maximum absolute atomic E-state index is 6.31. The molecule has 0 radical (unpaired) electrons. The van der Waals surface area contributed by atoms with Crippen LogP contribution in [-0.4, -0.2) is 0 Å². The third-order valence-electron chi connectivity index (χ3n) is 4.12. The fraction of sp³-hybridized carbons (Fsp3) is 0.333. The predicted molar refractivity (Wildman–Crippen MR) is 85.1 cm³/mol. The molecular weight excluding hydrogens is 266 g/mol. The molecule has 0 fully saturated rings. The number of benzene rings is 2. The van der Waals surface area contributed by atoms with Crippen LogP contribution in [0.2, 0.25) is 5.02 Å². The molecule has 3 rings (SSSR count). The van der Waals surface area contributed by atoms with Crippen LogP contribution in [0.5, 0.6) is 0 Å². The molecule has 2 aromatic carbocycles. The number of halogens is 1. The van der Waals surface area contributed by atoms with Gasteiger partial charge in [-0.2, -0.15) is 0 Å². The SMILES string of the molecule is Cc1ccc(CNC2CCCc3ccccc32)c(Cl)c1. The molecule has 0 aliphatic heterocycles. The maximum Gasteiger partial charge on any atom is 0.0453 e. The Labute approximate surface area is 126 Å². The number of hydrogen-bond acceptors (Lipinski definition) is 1. The van der Waals surface area contributed by atoms with Crippen molar-refractivity contribution >= 4 is 11.6 Å². The lowest BCUT2D eigenvalue weighted by atomic mass is 9.87.